The molecule has 0 saturated carbocycles. The Kier molecular flexibility index (Phi) is 4.83. The summed E-state index contributed by atoms with van der Waals surface area (Å²) >= 11 is 0. The number of imidazole rings is 1. The van der Waals surface area contributed by atoms with E-state index >= 15 is 0 Å². The van der Waals surface area contributed by atoms with E-state index in [2.05, 4.69) is 25.8 Å². The van der Waals surface area contributed by atoms with Crippen LogP contribution in [0.5, 0.6) is 0 Å². The number of halogens is 2. The fraction of sp³-hybridized carbons (Fsp3) is 0.300. The van der Waals surface area contributed by atoms with Crippen LogP contribution >= 0.6 is 0 Å². The Morgan fingerprint density at radius 2 is 1.93 bits per heavy atom. The van der Waals surface area contributed by atoms with E-state index in [4.69, 9.17) is 4.98 Å². The van der Waals surface area contributed by atoms with E-state index in [9.17, 15) is 8.78 Å². The molecule has 5 heterocycles. The lowest BCUT2D eigenvalue weighted by molar-refractivity contribution is 0.0566. The highest BCUT2D eigenvalue weighted by molar-refractivity contribution is 5.64. The largest absolute Gasteiger partial charge is 0.367 e. The minimum absolute atomic E-state index is 0.396. The van der Waals surface area contributed by atoms with Gasteiger partial charge in [-0.2, -0.15) is 19.0 Å². The van der Waals surface area contributed by atoms with E-state index < -0.39 is 6.55 Å². The third-order valence-corrected chi connectivity index (χ3v) is 5.16. The number of anilines is 1. The Labute approximate surface area is 171 Å². The molecule has 0 spiro atoms. The van der Waals surface area contributed by atoms with Crippen LogP contribution in [0.3, 0.4) is 0 Å². The molecule has 0 aromatic carbocycles. The Hall–Kier alpha value is -3.40. The van der Waals surface area contributed by atoms with Crippen molar-refractivity contribution in [2.45, 2.75) is 25.4 Å². The summed E-state index contributed by atoms with van der Waals surface area (Å²) in [5.74, 6) is 0.809. The van der Waals surface area contributed by atoms with Crippen LogP contribution in [0.1, 0.15) is 19.4 Å². The zero-order valence-corrected chi connectivity index (χ0v) is 16.0. The molecular formula is C20H20F2N8. The van der Waals surface area contributed by atoms with Crippen LogP contribution in [0.25, 0.3) is 28.3 Å². The molecule has 1 aliphatic rings. The van der Waals surface area contributed by atoms with Gasteiger partial charge in [-0.15, -0.1) is 0 Å². The van der Waals surface area contributed by atoms with Gasteiger partial charge in [-0.05, 0) is 50.2 Å². The summed E-state index contributed by atoms with van der Waals surface area (Å²) in [7, 11) is 0. The van der Waals surface area contributed by atoms with Crippen LogP contribution in [0.2, 0.25) is 0 Å². The summed E-state index contributed by atoms with van der Waals surface area (Å²) in [6.07, 6.45) is 6.47. The lowest BCUT2D eigenvalue weighted by Gasteiger charge is -2.24. The molecule has 0 atom stereocenters. The van der Waals surface area contributed by atoms with Crippen molar-refractivity contribution < 1.29 is 8.78 Å². The number of aromatic nitrogens is 6. The lowest BCUT2D eigenvalue weighted by Crippen LogP contribution is -2.35. The highest BCUT2D eigenvalue weighted by Crippen LogP contribution is 2.24. The van der Waals surface area contributed by atoms with E-state index in [1.807, 2.05) is 18.2 Å². The molecule has 0 unspecified atom stereocenters. The molecule has 10 heteroatoms. The maximum Gasteiger partial charge on any atom is 0.333 e. The second kappa shape index (κ2) is 7.79. The number of hydrogen-bond acceptors (Lipinski definition) is 6. The van der Waals surface area contributed by atoms with Crippen LogP contribution in [0.15, 0.2) is 48.9 Å². The molecule has 0 radical (unpaired) electrons. The normalized spacial score (nSPS) is 15.2. The van der Waals surface area contributed by atoms with Crippen LogP contribution in [-0.4, -0.2) is 48.5 Å². The van der Waals surface area contributed by atoms with Crippen molar-refractivity contribution in [3.05, 3.63) is 48.9 Å². The maximum absolute atomic E-state index is 12.8. The van der Waals surface area contributed by atoms with E-state index in [1.165, 1.54) is 12.4 Å². The summed E-state index contributed by atoms with van der Waals surface area (Å²) in [5.41, 5.74) is 3.13. The van der Waals surface area contributed by atoms with Crippen molar-refractivity contribution in [3.63, 3.8) is 0 Å². The molecule has 0 amide bonds. The van der Waals surface area contributed by atoms with E-state index in [1.54, 1.807) is 22.8 Å². The Bertz CT molecular complexity index is 1160. The average Bonchev–Trinajstić information content (AvgIpc) is 3.42. The summed E-state index contributed by atoms with van der Waals surface area (Å²) in [5, 5.41) is 15.1. The summed E-state index contributed by atoms with van der Waals surface area (Å²) in [6, 6.07) is 9.73. The highest BCUT2D eigenvalue weighted by Gasteiger charge is 2.15. The van der Waals surface area contributed by atoms with Gasteiger partial charge < -0.3 is 10.6 Å². The van der Waals surface area contributed by atoms with Crippen LogP contribution < -0.4 is 10.6 Å². The Balaban J connectivity index is 1.47. The summed E-state index contributed by atoms with van der Waals surface area (Å²) in [6.45, 7) is -0.690. The van der Waals surface area contributed by atoms with E-state index in [0.29, 0.717) is 27.6 Å². The molecule has 154 valence electrons. The topological polar surface area (TPSA) is 85.0 Å². The van der Waals surface area contributed by atoms with Gasteiger partial charge in [0.15, 0.2) is 5.65 Å². The quantitative estimate of drug-likeness (QED) is 0.526. The van der Waals surface area contributed by atoms with Crippen molar-refractivity contribution in [1.29, 1.82) is 0 Å². The van der Waals surface area contributed by atoms with Gasteiger partial charge in [0.2, 0.25) is 0 Å². The van der Waals surface area contributed by atoms with Crippen molar-refractivity contribution >= 4 is 11.5 Å². The van der Waals surface area contributed by atoms with Gasteiger partial charge in [-0.1, -0.05) is 6.07 Å². The second-order valence-corrected chi connectivity index (χ2v) is 7.20. The van der Waals surface area contributed by atoms with Crippen LogP contribution in [-0.2, 0) is 0 Å². The molecule has 1 saturated heterocycles. The van der Waals surface area contributed by atoms with E-state index in [-0.39, 0.29) is 0 Å². The number of pyridine rings is 1. The first kappa shape index (κ1) is 18.6. The highest BCUT2D eigenvalue weighted by atomic mass is 19.3. The third-order valence-electron chi connectivity index (χ3n) is 5.16. The molecule has 0 bridgehead atoms. The smallest absolute Gasteiger partial charge is 0.333 e. The van der Waals surface area contributed by atoms with Gasteiger partial charge in [0.25, 0.3) is 0 Å². The zero-order chi connectivity index (χ0) is 20.5. The number of rotatable bonds is 5. The minimum Gasteiger partial charge on any atom is -0.367 e. The molecule has 4 aromatic heterocycles. The first-order chi connectivity index (χ1) is 14.7. The Morgan fingerprint density at radius 1 is 1.07 bits per heavy atom. The number of piperidine rings is 1. The third kappa shape index (κ3) is 3.61. The van der Waals surface area contributed by atoms with Gasteiger partial charge in [-0.3, -0.25) is 0 Å². The first-order valence-corrected chi connectivity index (χ1v) is 9.79. The number of nitrogens with zero attached hydrogens (tertiary/aromatic N) is 6. The number of fused-ring (bicyclic) bond motifs is 1. The van der Waals surface area contributed by atoms with Gasteiger partial charge in [0, 0.05) is 17.8 Å². The van der Waals surface area contributed by atoms with Crippen LogP contribution in [0, 0.1) is 0 Å². The first-order valence-electron chi connectivity index (χ1n) is 9.79. The monoisotopic (exact) mass is 410 g/mol. The molecule has 4 aromatic rings. The number of alkyl halides is 2. The van der Waals surface area contributed by atoms with Gasteiger partial charge >= 0.3 is 6.55 Å². The maximum atomic E-state index is 12.8. The molecule has 30 heavy (non-hydrogen) atoms. The molecule has 8 nitrogen and oxygen atoms in total. The molecule has 1 aliphatic heterocycles. The fourth-order valence-electron chi connectivity index (χ4n) is 3.61. The molecule has 0 aliphatic carbocycles. The fourth-order valence-corrected chi connectivity index (χ4v) is 3.61. The lowest BCUT2D eigenvalue weighted by atomic mass is 10.1. The molecule has 1 fully saturated rings. The number of hydrogen-bond donors (Lipinski definition) is 2. The van der Waals surface area contributed by atoms with Gasteiger partial charge in [0.05, 0.1) is 23.8 Å². The zero-order valence-electron chi connectivity index (χ0n) is 16.0. The second-order valence-electron chi connectivity index (χ2n) is 7.20. The summed E-state index contributed by atoms with van der Waals surface area (Å²) < 4.78 is 28.0. The molecular weight excluding hydrogens is 390 g/mol. The average molecular weight is 410 g/mol. The van der Waals surface area contributed by atoms with Crippen molar-refractivity contribution in [3.8, 4) is 22.6 Å². The van der Waals surface area contributed by atoms with Crippen molar-refractivity contribution in [2.75, 3.05) is 18.4 Å². The minimum atomic E-state index is -2.69. The summed E-state index contributed by atoms with van der Waals surface area (Å²) in [4.78, 5) is 9.14. The van der Waals surface area contributed by atoms with Gasteiger partial charge in [0.1, 0.15) is 11.5 Å². The van der Waals surface area contributed by atoms with Crippen molar-refractivity contribution in [1.82, 2.24) is 34.7 Å². The van der Waals surface area contributed by atoms with Crippen LogP contribution in [0.4, 0.5) is 14.6 Å². The SMILES string of the molecule is FC(F)n1cc(-c2ccc3ncc(-c4cccc(NC5CCNCC5)n4)n3n2)cn1. The van der Waals surface area contributed by atoms with E-state index in [0.717, 1.165) is 43.1 Å². The standard InChI is InChI=1S/C20H20F2N8/c21-20(22)29-12-13(10-25-29)15-4-5-19-24-11-17(30(19)28-15)16-2-1-3-18(27-16)26-14-6-8-23-9-7-14/h1-5,10-12,14,20,23H,6-9H2,(H,26,27). The predicted octanol–water partition coefficient (Wildman–Crippen LogP) is 3.21. The van der Waals surface area contributed by atoms with Crippen molar-refractivity contribution in [2.24, 2.45) is 0 Å². The predicted molar refractivity (Wildman–Crippen MR) is 108 cm³/mol. The molecule has 2 N–H and O–H groups in total. The number of nitrogens with one attached hydrogen (secondary N) is 2. The molecule has 5 rings (SSSR count). The Morgan fingerprint density at radius 3 is 2.73 bits per heavy atom. The van der Waals surface area contributed by atoms with Gasteiger partial charge in [-0.25, -0.2) is 19.2 Å².